The zero-order chi connectivity index (χ0) is 15.8. The lowest BCUT2D eigenvalue weighted by Crippen LogP contribution is -2.60. The van der Waals surface area contributed by atoms with Crippen molar-refractivity contribution in [3.05, 3.63) is 0 Å². The Kier molecular flexibility index (Phi) is 4.74. The van der Waals surface area contributed by atoms with Crippen LogP contribution in [-0.4, -0.2) is 65.9 Å². The Morgan fingerprint density at radius 3 is 2.71 bits per heavy atom. The van der Waals surface area contributed by atoms with Gasteiger partial charge >= 0.3 is 11.9 Å². The lowest BCUT2D eigenvalue weighted by atomic mass is 9.93. The molecule has 9 heteroatoms. The SMILES string of the molecule is CC(O)[C@H]1C(=O)N2CC(SCCCC(=O)O)(C(=O)O)S[C@H]12. The number of hydrogen-bond donors (Lipinski definition) is 3. The van der Waals surface area contributed by atoms with Gasteiger partial charge in [-0.05, 0) is 19.1 Å². The smallest absolute Gasteiger partial charge is 0.332 e. The molecule has 2 aliphatic heterocycles. The van der Waals surface area contributed by atoms with E-state index in [-0.39, 0.29) is 24.2 Å². The Morgan fingerprint density at radius 1 is 1.52 bits per heavy atom. The van der Waals surface area contributed by atoms with Gasteiger partial charge in [0, 0.05) is 6.42 Å². The predicted octanol–water partition coefficient (Wildman–Crippen LogP) is 0.277. The molecule has 0 saturated carbocycles. The number of amides is 1. The molecule has 0 aliphatic carbocycles. The second kappa shape index (κ2) is 6.05. The normalized spacial score (nSPS) is 32.5. The van der Waals surface area contributed by atoms with Gasteiger partial charge in [-0.1, -0.05) is 0 Å². The van der Waals surface area contributed by atoms with Crippen molar-refractivity contribution < 1.29 is 29.7 Å². The molecule has 2 fully saturated rings. The third-order valence-corrected chi connectivity index (χ3v) is 6.97. The van der Waals surface area contributed by atoms with Crippen LogP contribution in [0.1, 0.15) is 19.8 Å². The molecule has 0 aromatic rings. The number of carbonyl (C=O) groups excluding carboxylic acids is 1. The number of rotatable bonds is 7. The number of β-lactam (4-membered cyclic amide) rings is 1. The standard InChI is InChI=1S/C12H17NO6S2/c1-6(14)8-9(17)13-5-12(11(18)19,21-10(8)13)20-4-2-3-7(15)16/h6,8,10,14H,2-5H2,1H3,(H,15,16)(H,18,19)/t6?,8-,10+,12?/m0/s1. The Labute approximate surface area is 130 Å². The molecule has 21 heavy (non-hydrogen) atoms. The van der Waals surface area contributed by atoms with E-state index in [1.54, 1.807) is 0 Å². The van der Waals surface area contributed by atoms with Crippen molar-refractivity contribution in [3.63, 3.8) is 0 Å². The number of nitrogens with zero attached hydrogens (tertiary/aromatic N) is 1. The first-order chi connectivity index (χ1) is 9.78. The summed E-state index contributed by atoms with van der Waals surface area (Å²) in [6, 6.07) is 0. The van der Waals surface area contributed by atoms with Crippen LogP contribution in [0.15, 0.2) is 0 Å². The van der Waals surface area contributed by atoms with Gasteiger partial charge in [0.25, 0.3) is 0 Å². The largest absolute Gasteiger partial charge is 0.481 e. The number of carboxylic acids is 2. The van der Waals surface area contributed by atoms with Gasteiger partial charge in [-0.15, -0.1) is 23.5 Å². The summed E-state index contributed by atoms with van der Waals surface area (Å²) in [6.45, 7) is 1.62. The van der Waals surface area contributed by atoms with Crippen molar-refractivity contribution in [1.29, 1.82) is 0 Å². The number of thioether (sulfide) groups is 2. The van der Waals surface area contributed by atoms with Gasteiger partial charge in [-0.3, -0.25) is 9.59 Å². The molecule has 2 saturated heterocycles. The summed E-state index contributed by atoms with van der Waals surface area (Å²) in [6.07, 6.45) is -0.420. The van der Waals surface area contributed by atoms with Crippen LogP contribution in [0.3, 0.4) is 0 Å². The Hall–Kier alpha value is -0.930. The maximum Gasteiger partial charge on any atom is 0.332 e. The van der Waals surface area contributed by atoms with Crippen LogP contribution >= 0.6 is 23.5 Å². The van der Waals surface area contributed by atoms with Crippen molar-refractivity contribution in [2.75, 3.05) is 12.3 Å². The van der Waals surface area contributed by atoms with E-state index in [0.29, 0.717) is 12.2 Å². The summed E-state index contributed by atoms with van der Waals surface area (Å²) in [7, 11) is 0. The average Bonchev–Trinajstić information content (AvgIpc) is 2.70. The fourth-order valence-corrected chi connectivity index (χ4v) is 5.77. The van der Waals surface area contributed by atoms with Crippen LogP contribution in [-0.2, 0) is 14.4 Å². The zero-order valence-corrected chi connectivity index (χ0v) is 13.0. The van der Waals surface area contributed by atoms with Gasteiger partial charge in [0.05, 0.1) is 23.9 Å². The fraction of sp³-hybridized carbons (Fsp3) is 0.750. The van der Waals surface area contributed by atoms with Gasteiger partial charge in [0.1, 0.15) is 0 Å². The highest BCUT2D eigenvalue weighted by molar-refractivity contribution is 8.19. The van der Waals surface area contributed by atoms with Crippen LogP contribution in [0, 0.1) is 5.92 Å². The molecule has 2 rings (SSSR count). The van der Waals surface area contributed by atoms with Gasteiger partial charge in [-0.25, -0.2) is 4.79 Å². The molecule has 2 aliphatic rings. The number of fused-ring (bicyclic) bond motifs is 1. The minimum absolute atomic E-state index is 0.00423. The van der Waals surface area contributed by atoms with Crippen LogP contribution in [0.2, 0.25) is 0 Å². The summed E-state index contributed by atoms with van der Waals surface area (Å²) in [5.41, 5.74) is 0. The van der Waals surface area contributed by atoms with E-state index in [9.17, 15) is 24.6 Å². The first kappa shape index (κ1) is 16.4. The maximum absolute atomic E-state index is 11.9. The highest BCUT2D eigenvalue weighted by Gasteiger charge is 2.63. The molecule has 0 aromatic heterocycles. The lowest BCUT2D eigenvalue weighted by Gasteiger charge is -2.42. The van der Waals surface area contributed by atoms with E-state index in [0.717, 1.165) is 0 Å². The third kappa shape index (κ3) is 3.00. The minimum Gasteiger partial charge on any atom is -0.481 e. The molecular formula is C12H17NO6S2. The molecule has 2 unspecified atom stereocenters. The fourth-order valence-electron chi connectivity index (χ4n) is 2.48. The van der Waals surface area contributed by atoms with Crippen molar-refractivity contribution in [2.45, 2.75) is 35.3 Å². The monoisotopic (exact) mass is 335 g/mol. The minimum atomic E-state index is -1.16. The van der Waals surface area contributed by atoms with Gasteiger partial charge < -0.3 is 20.2 Å². The molecule has 118 valence electrons. The topological polar surface area (TPSA) is 115 Å². The maximum atomic E-state index is 11.9. The summed E-state index contributed by atoms with van der Waals surface area (Å²) in [5, 5.41) is 27.4. The van der Waals surface area contributed by atoms with Crippen molar-refractivity contribution in [1.82, 2.24) is 4.90 Å². The highest BCUT2D eigenvalue weighted by atomic mass is 32.2. The van der Waals surface area contributed by atoms with Crippen LogP contribution < -0.4 is 0 Å². The number of carboxylic acid groups (broad SMARTS) is 2. The molecule has 4 atom stereocenters. The molecule has 2 heterocycles. The number of hydrogen-bond acceptors (Lipinski definition) is 6. The summed E-state index contributed by atoms with van der Waals surface area (Å²) >= 11 is 2.35. The molecule has 0 aromatic carbocycles. The first-order valence-electron chi connectivity index (χ1n) is 6.54. The Balaban J connectivity index is 2.00. The van der Waals surface area contributed by atoms with Crippen molar-refractivity contribution in [3.8, 4) is 0 Å². The lowest BCUT2D eigenvalue weighted by molar-refractivity contribution is -0.155. The van der Waals surface area contributed by atoms with Crippen LogP contribution in [0.4, 0.5) is 0 Å². The summed E-state index contributed by atoms with van der Waals surface area (Å²) in [5.74, 6) is -2.28. The van der Waals surface area contributed by atoms with Gasteiger partial charge in [-0.2, -0.15) is 0 Å². The Morgan fingerprint density at radius 2 is 2.19 bits per heavy atom. The number of aliphatic hydroxyl groups excluding tert-OH is 1. The van der Waals surface area contributed by atoms with Crippen molar-refractivity contribution >= 4 is 41.4 Å². The second-order valence-electron chi connectivity index (χ2n) is 5.14. The van der Waals surface area contributed by atoms with E-state index in [1.165, 1.54) is 35.3 Å². The van der Waals surface area contributed by atoms with E-state index >= 15 is 0 Å². The first-order valence-corrected chi connectivity index (χ1v) is 8.40. The summed E-state index contributed by atoms with van der Waals surface area (Å²) in [4.78, 5) is 35.4. The van der Waals surface area contributed by atoms with Crippen molar-refractivity contribution in [2.24, 2.45) is 5.92 Å². The Bertz CT molecular complexity index is 471. The van der Waals surface area contributed by atoms with E-state index in [2.05, 4.69) is 0 Å². The summed E-state index contributed by atoms with van der Waals surface area (Å²) < 4.78 is -1.16. The molecule has 1 amide bonds. The number of aliphatic hydroxyl groups is 1. The molecule has 0 radical (unpaired) electrons. The van der Waals surface area contributed by atoms with Crippen LogP contribution in [0.25, 0.3) is 0 Å². The second-order valence-corrected chi connectivity index (χ2v) is 8.21. The number of carbonyl (C=O) groups is 3. The molecule has 0 spiro atoms. The highest BCUT2D eigenvalue weighted by Crippen LogP contribution is 2.55. The number of aliphatic carboxylic acids is 2. The molecular weight excluding hydrogens is 318 g/mol. The van der Waals surface area contributed by atoms with E-state index in [1.807, 2.05) is 0 Å². The predicted molar refractivity (Wildman–Crippen MR) is 78.0 cm³/mol. The zero-order valence-electron chi connectivity index (χ0n) is 11.4. The van der Waals surface area contributed by atoms with Crippen LogP contribution in [0.5, 0.6) is 0 Å². The van der Waals surface area contributed by atoms with Gasteiger partial charge in [0.15, 0.2) is 4.08 Å². The van der Waals surface area contributed by atoms with Gasteiger partial charge in [0.2, 0.25) is 5.91 Å². The quantitative estimate of drug-likeness (QED) is 0.449. The van der Waals surface area contributed by atoms with E-state index < -0.39 is 28.0 Å². The molecule has 7 nitrogen and oxygen atoms in total. The van der Waals surface area contributed by atoms with E-state index in [4.69, 9.17) is 5.11 Å². The molecule has 0 bridgehead atoms. The average molecular weight is 335 g/mol. The third-order valence-electron chi connectivity index (χ3n) is 3.59. The molecule has 3 N–H and O–H groups in total.